The first-order valence-electron chi connectivity index (χ1n) is 11.6. The van der Waals surface area contributed by atoms with Crippen molar-refractivity contribution in [1.29, 1.82) is 0 Å². The maximum absolute atomic E-state index is 14.1. The van der Waals surface area contributed by atoms with Gasteiger partial charge >= 0.3 is 6.01 Å². The molecular weight excluding hydrogens is 525 g/mol. The molecule has 0 aliphatic carbocycles. The molecule has 6 aromatic rings. The summed E-state index contributed by atoms with van der Waals surface area (Å²) in [5, 5.41) is 6.34. The zero-order valence-electron chi connectivity index (χ0n) is 20.2. The molecule has 0 saturated carbocycles. The van der Waals surface area contributed by atoms with Gasteiger partial charge in [0.25, 0.3) is 5.56 Å². The second-order valence-corrected chi connectivity index (χ2v) is 9.63. The molecule has 3 heterocycles. The third kappa shape index (κ3) is 4.00. The summed E-state index contributed by atoms with van der Waals surface area (Å²) in [5.74, 6) is -0.341. The number of nitrogens with zero attached hydrogens (tertiary/aromatic N) is 5. The standard InChI is InChI=1S/C28H19ClFN5O2S/c1-16-22-24(23-25(31-16)35(33-26(23)38-2)18-11-7-4-8-12-18)32-28(37-19-13-14-21(30)20(29)15-19)34(27(22)36)17-9-5-3-6-10-17/h3-15H,1-2H3. The zero-order chi connectivity index (χ0) is 26.4. The first-order valence-corrected chi connectivity index (χ1v) is 13.2. The molecule has 6 rings (SSSR count). The van der Waals surface area contributed by atoms with Crippen molar-refractivity contribution in [3.05, 3.63) is 106 Å². The summed E-state index contributed by atoms with van der Waals surface area (Å²) in [6, 6.07) is 22.7. The predicted molar refractivity (Wildman–Crippen MR) is 148 cm³/mol. The van der Waals surface area contributed by atoms with Crippen molar-refractivity contribution in [1.82, 2.24) is 24.3 Å². The van der Waals surface area contributed by atoms with Crippen molar-refractivity contribution < 1.29 is 9.13 Å². The molecule has 0 N–H and O–H groups in total. The Morgan fingerprint density at radius 2 is 1.61 bits per heavy atom. The molecule has 0 bridgehead atoms. The first kappa shape index (κ1) is 24.1. The number of rotatable bonds is 5. The lowest BCUT2D eigenvalue weighted by Crippen LogP contribution is -2.22. The summed E-state index contributed by atoms with van der Waals surface area (Å²) in [4.78, 5) is 23.8. The van der Waals surface area contributed by atoms with Crippen molar-refractivity contribution in [2.45, 2.75) is 11.9 Å². The van der Waals surface area contributed by atoms with Crippen LogP contribution in [0.3, 0.4) is 0 Å². The van der Waals surface area contributed by atoms with Gasteiger partial charge in [-0.2, -0.15) is 10.1 Å². The smallest absolute Gasteiger partial charge is 0.310 e. The number of fused-ring (bicyclic) bond motifs is 3. The van der Waals surface area contributed by atoms with Crippen LogP contribution in [0.25, 0.3) is 33.3 Å². The molecule has 188 valence electrons. The molecule has 3 aromatic heterocycles. The summed E-state index contributed by atoms with van der Waals surface area (Å²) in [6.45, 7) is 1.78. The number of ether oxygens (including phenoxy) is 1. The second-order valence-electron chi connectivity index (χ2n) is 8.42. The monoisotopic (exact) mass is 543 g/mol. The lowest BCUT2D eigenvalue weighted by atomic mass is 10.2. The van der Waals surface area contributed by atoms with E-state index in [0.717, 1.165) is 5.69 Å². The van der Waals surface area contributed by atoms with Gasteiger partial charge in [0, 0.05) is 6.07 Å². The number of aromatic nitrogens is 5. The Morgan fingerprint density at radius 1 is 0.921 bits per heavy atom. The summed E-state index contributed by atoms with van der Waals surface area (Å²) in [7, 11) is 0. The zero-order valence-corrected chi connectivity index (χ0v) is 21.8. The SMILES string of the molecule is CSc1nn(-c2ccccc2)c2nc(C)c3c(=O)n(-c4ccccc4)c(Oc4ccc(F)c(Cl)c4)nc3c12. The van der Waals surface area contributed by atoms with Crippen LogP contribution in [0.5, 0.6) is 11.8 Å². The van der Waals surface area contributed by atoms with Gasteiger partial charge in [-0.1, -0.05) is 48.0 Å². The van der Waals surface area contributed by atoms with Gasteiger partial charge in [0.05, 0.1) is 38.4 Å². The molecule has 0 aliphatic rings. The van der Waals surface area contributed by atoms with Crippen molar-refractivity contribution in [3.8, 4) is 23.1 Å². The summed E-state index contributed by atoms with van der Waals surface area (Å²) < 4.78 is 23.0. The van der Waals surface area contributed by atoms with E-state index in [1.807, 2.05) is 54.8 Å². The highest BCUT2D eigenvalue weighted by Gasteiger charge is 2.24. The van der Waals surface area contributed by atoms with Crippen molar-refractivity contribution >= 4 is 45.3 Å². The maximum Gasteiger partial charge on any atom is 0.310 e. The number of hydrogen-bond donors (Lipinski definition) is 0. The number of benzene rings is 3. The van der Waals surface area contributed by atoms with Crippen LogP contribution in [-0.2, 0) is 0 Å². The molecule has 10 heteroatoms. The summed E-state index contributed by atoms with van der Waals surface area (Å²) in [5.41, 5.74) is 2.54. The van der Waals surface area contributed by atoms with E-state index in [0.29, 0.717) is 38.3 Å². The number of aryl methyl sites for hydroxylation is 1. The minimum atomic E-state index is -0.577. The quantitative estimate of drug-likeness (QED) is 0.224. The fourth-order valence-corrected chi connectivity index (χ4v) is 5.06. The van der Waals surface area contributed by atoms with Gasteiger partial charge in [0.1, 0.15) is 16.6 Å². The Balaban J connectivity index is 1.70. The van der Waals surface area contributed by atoms with E-state index in [-0.39, 0.29) is 22.3 Å². The van der Waals surface area contributed by atoms with Crippen LogP contribution in [0, 0.1) is 12.7 Å². The topological polar surface area (TPSA) is 74.8 Å². The van der Waals surface area contributed by atoms with Crippen LogP contribution in [0.2, 0.25) is 5.02 Å². The Hall–Kier alpha value is -4.21. The van der Waals surface area contributed by atoms with Gasteiger partial charge in [-0.25, -0.2) is 18.6 Å². The number of halogens is 2. The Morgan fingerprint density at radius 3 is 2.26 bits per heavy atom. The summed E-state index contributed by atoms with van der Waals surface area (Å²) >= 11 is 7.43. The summed E-state index contributed by atoms with van der Waals surface area (Å²) in [6.07, 6.45) is 1.91. The van der Waals surface area contributed by atoms with E-state index in [2.05, 4.69) is 0 Å². The average molecular weight is 544 g/mol. The van der Waals surface area contributed by atoms with Gasteiger partial charge in [-0.15, -0.1) is 11.8 Å². The van der Waals surface area contributed by atoms with Gasteiger partial charge in [0.15, 0.2) is 5.65 Å². The van der Waals surface area contributed by atoms with Gasteiger partial charge in [0.2, 0.25) is 0 Å². The van der Waals surface area contributed by atoms with Crippen LogP contribution in [0.15, 0.2) is 88.7 Å². The predicted octanol–water partition coefficient (Wildman–Crippen LogP) is 6.73. The fraction of sp³-hybridized carbons (Fsp3) is 0.0714. The molecule has 0 fully saturated rings. The van der Waals surface area contributed by atoms with Crippen LogP contribution >= 0.6 is 23.4 Å². The van der Waals surface area contributed by atoms with E-state index < -0.39 is 5.82 Å². The van der Waals surface area contributed by atoms with Crippen LogP contribution in [0.4, 0.5) is 4.39 Å². The lowest BCUT2D eigenvalue weighted by molar-refractivity contribution is 0.426. The first-order chi connectivity index (χ1) is 18.5. The largest absolute Gasteiger partial charge is 0.425 e. The molecule has 0 radical (unpaired) electrons. The number of thioether (sulfide) groups is 1. The molecule has 0 saturated heterocycles. The van der Waals surface area contributed by atoms with Crippen LogP contribution in [0.1, 0.15) is 5.69 Å². The molecule has 38 heavy (non-hydrogen) atoms. The number of pyridine rings is 1. The van der Waals surface area contributed by atoms with Crippen molar-refractivity contribution in [2.24, 2.45) is 0 Å². The van der Waals surface area contributed by atoms with Gasteiger partial charge in [-0.05, 0) is 49.6 Å². The van der Waals surface area contributed by atoms with Crippen molar-refractivity contribution in [2.75, 3.05) is 6.26 Å². The van der Waals surface area contributed by atoms with E-state index in [1.54, 1.807) is 23.7 Å². The van der Waals surface area contributed by atoms with E-state index in [1.165, 1.54) is 34.5 Å². The highest BCUT2D eigenvalue weighted by atomic mass is 35.5. The number of hydrogen-bond acceptors (Lipinski definition) is 6. The van der Waals surface area contributed by atoms with Crippen molar-refractivity contribution in [3.63, 3.8) is 0 Å². The molecular formula is C28H19ClFN5O2S. The fourth-order valence-electron chi connectivity index (χ4n) is 4.33. The van der Waals surface area contributed by atoms with E-state index in [9.17, 15) is 9.18 Å². The number of para-hydroxylation sites is 2. The third-order valence-electron chi connectivity index (χ3n) is 6.06. The Bertz CT molecular complexity index is 1890. The third-order valence-corrected chi connectivity index (χ3v) is 7.02. The average Bonchev–Trinajstić information content (AvgIpc) is 3.30. The van der Waals surface area contributed by atoms with Gasteiger partial charge in [-0.3, -0.25) is 4.79 Å². The van der Waals surface area contributed by atoms with E-state index >= 15 is 0 Å². The van der Waals surface area contributed by atoms with Gasteiger partial charge < -0.3 is 4.74 Å². The Kier molecular flexibility index (Phi) is 6.09. The van der Waals surface area contributed by atoms with Crippen LogP contribution < -0.4 is 10.3 Å². The van der Waals surface area contributed by atoms with Crippen LogP contribution in [-0.4, -0.2) is 30.6 Å². The molecule has 3 aromatic carbocycles. The highest BCUT2D eigenvalue weighted by molar-refractivity contribution is 7.98. The molecule has 0 amide bonds. The second kappa shape index (κ2) is 9.59. The maximum atomic E-state index is 14.1. The minimum Gasteiger partial charge on any atom is -0.425 e. The molecule has 0 aliphatic heterocycles. The molecule has 0 atom stereocenters. The molecule has 0 unspecified atom stereocenters. The molecule has 0 spiro atoms. The highest BCUT2D eigenvalue weighted by Crippen LogP contribution is 2.34. The normalized spacial score (nSPS) is 11.4. The van der Waals surface area contributed by atoms with E-state index in [4.69, 9.17) is 31.4 Å². The Labute approximate surface area is 225 Å². The molecule has 7 nitrogen and oxygen atoms in total. The minimum absolute atomic E-state index is 0.00258. The lowest BCUT2D eigenvalue weighted by Gasteiger charge is -2.15.